The lowest BCUT2D eigenvalue weighted by molar-refractivity contribution is 1.03. The predicted octanol–water partition coefficient (Wildman–Crippen LogP) is 4.36. The van der Waals surface area contributed by atoms with Gasteiger partial charge >= 0.3 is 0 Å². The Morgan fingerprint density at radius 3 is 2.57 bits per heavy atom. The highest BCUT2D eigenvalue weighted by Crippen LogP contribution is 2.56. The molecular weight excluding hydrogens is 304 g/mol. The molecule has 0 amide bonds. The second kappa shape index (κ2) is 2.83. The molecule has 3 rings (SSSR count). The highest BCUT2D eigenvalue weighted by atomic mass is 79.9. The summed E-state index contributed by atoms with van der Waals surface area (Å²) in [4.78, 5) is 0. The summed E-state index contributed by atoms with van der Waals surface area (Å²) >= 11 is 7.45. The molecule has 0 unspecified atom stereocenters. The van der Waals surface area contributed by atoms with Crippen LogP contribution >= 0.6 is 31.9 Å². The molecule has 0 nitrogen and oxygen atoms in total. The van der Waals surface area contributed by atoms with Crippen molar-refractivity contribution in [2.45, 2.75) is 9.65 Å². The Kier molecular flexibility index (Phi) is 1.80. The Morgan fingerprint density at radius 2 is 1.79 bits per heavy atom. The van der Waals surface area contributed by atoms with E-state index in [2.05, 4.69) is 68.3 Å². The minimum atomic E-state index is -0.0432. The zero-order valence-electron chi connectivity index (χ0n) is 7.43. The van der Waals surface area contributed by atoms with Crippen molar-refractivity contribution in [3.8, 4) is 0 Å². The summed E-state index contributed by atoms with van der Waals surface area (Å²) in [6, 6.07) is 8.55. The number of hydrogen-bond acceptors (Lipinski definition) is 0. The van der Waals surface area contributed by atoms with E-state index in [9.17, 15) is 0 Å². The van der Waals surface area contributed by atoms with Crippen molar-refractivity contribution in [2.75, 3.05) is 0 Å². The van der Waals surface area contributed by atoms with Crippen molar-refractivity contribution in [2.24, 2.45) is 0 Å². The quantitative estimate of drug-likeness (QED) is 0.625. The molecule has 0 atom stereocenters. The van der Waals surface area contributed by atoms with E-state index in [0.29, 0.717) is 0 Å². The molecule has 0 heterocycles. The fourth-order valence-corrected chi connectivity index (χ4v) is 3.38. The van der Waals surface area contributed by atoms with Gasteiger partial charge in [0.15, 0.2) is 0 Å². The van der Waals surface area contributed by atoms with Gasteiger partial charge in [-0.25, -0.2) is 0 Å². The molecule has 0 bridgehead atoms. The molecule has 14 heavy (non-hydrogen) atoms. The standard InChI is InChI=1S/C12H8Br2/c13-12(14)7-3-6-10-8-4-1-2-5-9(8)11(10)12/h1-6H,7H2. The van der Waals surface area contributed by atoms with E-state index < -0.39 is 0 Å². The monoisotopic (exact) mass is 310 g/mol. The van der Waals surface area contributed by atoms with Crippen molar-refractivity contribution in [1.29, 1.82) is 0 Å². The van der Waals surface area contributed by atoms with Gasteiger partial charge in [0.05, 0.1) is 0 Å². The molecule has 0 aliphatic heterocycles. The maximum atomic E-state index is 3.73. The normalized spacial score (nSPS) is 21.3. The summed E-state index contributed by atoms with van der Waals surface area (Å²) in [5, 5.41) is 0. The van der Waals surface area contributed by atoms with Crippen molar-refractivity contribution in [3.63, 3.8) is 0 Å². The number of alkyl halides is 2. The Hall–Kier alpha value is -0.340. The summed E-state index contributed by atoms with van der Waals surface area (Å²) in [5.41, 5.74) is 5.53. The van der Waals surface area contributed by atoms with Crippen LogP contribution in [-0.4, -0.2) is 3.23 Å². The highest BCUT2D eigenvalue weighted by Gasteiger charge is 2.39. The SMILES string of the molecule is BrC1(Br)CC=CC2=C1c1ccccc12. The smallest absolute Gasteiger partial charge is 0.0813 e. The maximum absolute atomic E-state index is 3.73. The molecular formula is C12H8Br2. The van der Waals surface area contributed by atoms with Gasteiger partial charge in [0.1, 0.15) is 3.23 Å². The zero-order chi connectivity index (χ0) is 9.76. The van der Waals surface area contributed by atoms with Gasteiger partial charge < -0.3 is 0 Å². The first-order valence-corrected chi connectivity index (χ1v) is 6.18. The van der Waals surface area contributed by atoms with E-state index >= 15 is 0 Å². The number of benzene rings is 1. The molecule has 0 radical (unpaired) electrons. The molecule has 0 saturated heterocycles. The third-order valence-electron chi connectivity index (χ3n) is 2.78. The topological polar surface area (TPSA) is 0 Å². The third kappa shape index (κ3) is 1.04. The lowest BCUT2D eigenvalue weighted by Gasteiger charge is -2.37. The Balaban J connectivity index is 2.21. The van der Waals surface area contributed by atoms with Crippen LogP contribution in [0.1, 0.15) is 17.5 Å². The molecule has 2 aliphatic rings. The molecule has 0 fully saturated rings. The Morgan fingerprint density at radius 1 is 1.07 bits per heavy atom. The Bertz CT molecular complexity index is 467. The van der Waals surface area contributed by atoms with Crippen molar-refractivity contribution >= 4 is 43.0 Å². The van der Waals surface area contributed by atoms with E-state index in [-0.39, 0.29) is 3.23 Å². The van der Waals surface area contributed by atoms with E-state index in [4.69, 9.17) is 0 Å². The van der Waals surface area contributed by atoms with E-state index in [1.807, 2.05) is 0 Å². The molecule has 1 aromatic carbocycles. The summed E-state index contributed by atoms with van der Waals surface area (Å²) in [6.45, 7) is 0. The van der Waals surface area contributed by atoms with Crippen LogP contribution in [-0.2, 0) is 0 Å². The van der Waals surface area contributed by atoms with Crippen molar-refractivity contribution < 1.29 is 0 Å². The average molecular weight is 312 g/mol. The first-order chi connectivity index (χ1) is 6.70. The molecule has 0 spiro atoms. The molecule has 0 aromatic heterocycles. The predicted molar refractivity (Wildman–Crippen MR) is 67.6 cm³/mol. The van der Waals surface area contributed by atoms with Crippen molar-refractivity contribution in [3.05, 3.63) is 47.5 Å². The van der Waals surface area contributed by atoms with Crippen LogP contribution in [0.3, 0.4) is 0 Å². The molecule has 0 N–H and O–H groups in total. The van der Waals surface area contributed by atoms with Gasteiger partial charge in [0.2, 0.25) is 0 Å². The second-order valence-corrected chi connectivity index (χ2v) is 7.42. The number of hydrogen-bond donors (Lipinski definition) is 0. The summed E-state index contributed by atoms with van der Waals surface area (Å²) in [6.07, 6.45) is 5.43. The first-order valence-electron chi connectivity index (χ1n) is 4.59. The van der Waals surface area contributed by atoms with Gasteiger partial charge in [0.25, 0.3) is 0 Å². The van der Waals surface area contributed by atoms with E-state index in [1.54, 1.807) is 0 Å². The van der Waals surface area contributed by atoms with Crippen LogP contribution < -0.4 is 0 Å². The number of halogens is 2. The summed E-state index contributed by atoms with van der Waals surface area (Å²) in [7, 11) is 0. The van der Waals surface area contributed by atoms with Gasteiger partial charge in [-0.3, -0.25) is 0 Å². The molecule has 0 saturated carbocycles. The molecule has 2 heteroatoms. The third-order valence-corrected chi connectivity index (χ3v) is 4.22. The lowest BCUT2D eigenvalue weighted by Crippen LogP contribution is -2.23. The fourth-order valence-electron chi connectivity index (χ4n) is 2.15. The van der Waals surface area contributed by atoms with Gasteiger partial charge in [-0.15, -0.1) is 0 Å². The van der Waals surface area contributed by atoms with Crippen LogP contribution in [0.25, 0.3) is 11.1 Å². The van der Waals surface area contributed by atoms with Gasteiger partial charge in [-0.2, -0.15) is 0 Å². The van der Waals surface area contributed by atoms with Crippen LogP contribution in [0.2, 0.25) is 0 Å². The number of allylic oxidation sites excluding steroid dienone is 4. The van der Waals surface area contributed by atoms with Crippen LogP contribution in [0.5, 0.6) is 0 Å². The van der Waals surface area contributed by atoms with E-state index in [0.717, 1.165) is 6.42 Å². The van der Waals surface area contributed by atoms with Crippen LogP contribution in [0.15, 0.2) is 36.4 Å². The minimum Gasteiger partial charge on any atom is -0.0813 e. The lowest BCUT2D eigenvalue weighted by atomic mass is 9.76. The van der Waals surface area contributed by atoms with Gasteiger partial charge in [0, 0.05) is 0 Å². The van der Waals surface area contributed by atoms with Gasteiger partial charge in [-0.1, -0.05) is 68.3 Å². The molecule has 70 valence electrons. The average Bonchev–Trinajstić information content (AvgIpc) is 2.12. The Labute approximate surface area is 100.0 Å². The highest BCUT2D eigenvalue weighted by molar-refractivity contribution is 9.25. The fraction of sp³-hybridized carbons (Fsp3) is 0.167. The summed E-state index contributed by atoms with van der Waals surface area (Å²) in [5.74, 6) is 0. The number of rotatable bonds is 0. The maximum Gasteiger partial charge on any atom is 0.110 e. The van der Waals surface area contributed by atoms with Gasteiger partial charge in [-0.05, 0) is 28.7 Å². The van der Waals surface area contributed by atoms with Crippen molar-refractivity contribution in [1.82, 2.24) is 0 Å². The zero-order valence-corrected chi connectivity index (χ0v) is 10.6. The molecule has 2 aliphatic carbocycles. The second-order valence-electron chi connectivity index (χ2n) is 3.65. The minimum absolute atomic E-state index is 0.0432. The number of fused-ring (bicyclic) bond motifs is 3. The van der Waals surface area contributed by atoms with Crippen LogP contribution in [0.4, 0.5) is 0 Å². The molecule has 1 aromatic rings. The van der Waals surface area contributed by atoms with Crippen LogP contribution in [0, 0.1) is 0 Å². The largest absolute Gasteiger partial charge is 0.110 e. The summed E-state index contributed by atoms with van der Waals surface area (Å²) < 4.78 is -0.0432. The first kappa shape index (κ1) is 8.93. The van der Waals surface area contributed by atoms with E-state index in [1.165, 1.54) is 22.3 Å².